The van der Waals surface area contributed by atoms with E-state index >= 15 is 0 Å². The third kappa shape index (κ3) is 4.84. The maximum Gasteiger partial charge on any atom is 0.338 e. The van der Waals surface area contributed by atoms with Crippen molar-refractivity contribution in [2.75, 3.05) is 26.1 Å². The molecule has 6 heteroatoms. The van der Waals surface area contributed by atoms with Crippen LogP contribution in [-0.2, 0) is 14.3 Å². The number of nitrogens with one attached hydrogen (secondary N) is 1. The van der Waals surface area contributed by atoms with Crippen molar-refractivity contribution in [2.24, 2.45) is 5.73 Å². The van der Waals surface area contributed by atoms with Crippen LogP contribution >= 0.6 is 0 Å². The number of carbonyl (C=O) groups is 2. The first kappa shape index (κ1) is 17.1. The van der Waals surface area contributed by atoms with E-state index in [9.17, 15) is 9.59 Å². The minimum Gasteiger partial charge on any atom is -0.465 e. The largest absolute Gasteiger partial charge is 0.465 e. The number of hydrogen-bond donors (Lipinski definition) is 2. The lowest BCUT2D eigenvalue weighted by Gasteiger charge is -2.15. The Morgan fingerprint density at radius 3 is 2.67 bits per heavy atom. The first-order valence-electron chi connectivity index (χ1n) is 6.74. The zero-order valence-electron chi connectivity index (χ0n) is 12.6. The predicted molar refractivity (Wildman–Crippen MR) is 80.2 cm³/mol. The fourth-order valence-corrected chi connectivity index (χ4v) is 1.91. The van der Waals surface area contributed by atoms with E-state index < -0.39 is 12.0 Å². The van der Waals surface area contributed by atoms with Crippen LogP contribution in [0.3, 0.4) is 0 Å². The number of hydrogen-bond acceptors (Lipinski definition) is 5. The van der Waals surface area contributed by atoms with Crippen molar-refractivity contribution in [3.05, 3.63) is 29.3 Å². The highest BCUT2D eigenvalue weighted by atomic mass is 16.5. The van der Waals surface area contributed by atoms with Crippen LogP contribution in [0.15, 0.2) is 18.2 Å². The molecule has 0 saturated heterocycles. The number of carbonyl (C=O) groups excluding carboxylic acids is 2. The summed E-state index contributed by atoms with van der Waals surface area (Å²) >= 11 is 0. The summed E-state index contributed by atoms with van der Waals surface area (Å²) in [5.74, 6) is -0.718. The molecule has 0 bridgehead atoms. The van der Waals surface area contributed by atoms with Gasteiger partial charge in [0, 0.05) is 19.4 Å². The van der Waals surface area contributed by atoms with Crippen LogP contribution in [0, 0.1) is 6.92 Å². The van der Waals surface area contributed by atoms with Crippen molar-refractivity contribution in [1.82, 2.24) is 0 Å². The van der Waals surface area contributed by atoms with Crippen molar-refractivity contribution in [1.29, 1.82) is 0 Å². The Kier molecular flexibility index (Phi) is 6.84. The highest BCUT2D eigenvalue weighted by Gasteiger charge is 2.17. The maximum absolute atomic E-state index is 12.0. The van der Waals surface area contributed by atoms with Gasteiger partial charge in [-0.1, -0.05) is 6.07 Å². The number of esters is 1. The van der Waals surface area contributed by atoms with E-state index in [0.29, 0.717) is 36.3 Å². The molecule has 3 N–H and O–H groups in total. The van der Waals surface area contributed by atoms with Crippen LogP contribution in [0.5, 0.6) is 0 Å². The van der Waals surface area contributed by atoms with Crippen molar-refractivity contribution in [2.45, 2.75) is 25.8 Å². The van der Waals surface area contributed by atoms with Crippen LogP contribution in [0.4, 0.5) is 5.69 Å². The summed E-state index contributed by atoms with van der Waals surface area (Å²) in [7, 11) is 2.92. The van der Waals surface area contributed by atoms with Gasteiger partial charge in [-0.05, 0) is 37.5 Å². The number of nitrogens with two attached hydrogens (primary N) is 1. The van der Waals surface area contributed by atoms with E-state index in [1.165, 1.54) is 7.11 Å². The second kappa shape index (κ2) is 8.39. The molecule has 0 radical (unpaired) electrons. The third-order valence-electron chi connectivity index (χ3n) is 3.20. The lowest BCUT2D eigenvalue weighted by Crippen LogP contribution is -2.36. The molecule has 0 saturated carbocycles. The van der Waals surface area contributed by atoms with Crippen LogP contribution in [0.25, 0.3) is 0 Å². The van der Waals surface area contributed by atoms with Crippen molar-refractivity contribution in [3.8, 4) is 0 Å². The molecule has 1 aromatic rings. The van der Waals surface area contributed by atoms with Gasteiger partial charge in [0.05, 0.1) is 18.7 Å². The van der Waals surface area contributed by atoms with Gasteiger partial charge in [-0.25, -0.2) is 4.79 Å². The molecule has 1 unspecified atom stereocenters. The van der Waals surface area contributed by atoms with E-state index in [1.54, 1.807) is 32.2 Å². The molecule has 21 heavy (non-hydrogen) atoms. The van der Waals surface area contributed by atoms with Gasteiger partial charge in [0.15, 0.2) is 0 Å². The van der Waals surface area contributed by atoms with Gasteiger partial charge in [0.1, 0.15) is 0 Å². The predicted octanol–water partition coefficient (Wildman–Crippen LogP) is 1.47. The lowest BCUT2D eigenvalue weighted by atomic mass is 10.1. The molecule has 0 aliphatic rings. The molecule has 1 aromatic carbocycles. The Balaban J connectivity index is 2.74. The topological polar surface area (TPSA) is 90.6 Å². The van der Waals surface area contributed by atoms with Crippen molar-refractivity contribution >= 4 is 17.6 Å². The summed E-state index contributed by atoms with van der Waals surface area (Å²) in [6.07, 6.45) is 1.25. The van der Waals surface area contributed by atoms with Gasteiger partial charge < -0.3 is 20.5 Å². The van der Waals surface area contributed by atoms with Crippen LogP contribution in [0.2, 0.25) is 0 Å². The standard InChI is InChI=1S/C15H22N2O4/c1-10-11(15(19)21-3)6-4-8-13(10)17-14(18)12(16)7-5-9-20-2/h4,6,8,12H,5,7,9,16H2,1-3H3,(H,17,18). The molecule has 0 aliphatic heterocycles. The molecule has 0 aromatic heterocycles. The van der Waals surface area contributed by atoms with E-state index in [1.807, 2.05) is 0 Å². The number of anilines is 1. The summed E-state index contributed by atoms with van der Waals surface area (Å²) in [4.78, 5) is 23.6. The summed E-state index contributed by atoms with van der Waals surface area (Å²) in [6.45, 7) is 2.32. The monoisotopic (exact) mass is 294 g/mol. The lowest BCUT2D eigenvalue weighted by molar-refractivity contribution is -0.117. The minimum absolute atomic E-state index is 0.281. The number of rotatable bonds is 7. The van der Waals surface area contributed by atoms with Crippen LogP contribution in [0.1, 0.15) is 28.8 Å². The first-order chi connectivity index (χ1) is 10.0. The van der Waals surface area contributed by atoms with E-state index in [2.05, 4.69) is 5.32 Å². The molecule has 1 rings (SSSR count). The zero-order valence-corrected chi connectivity index (χ0v) is 12.6. The molecule has 6 nitrogen and oxygen atoms in total. The Hall–Kier alpha value is -1.92. The highest BCUT2D eigenvalue weighted by molar-refractivity contribution is 5.98. The normalized spacial score (nSPS) is 11.8. The minimum atomic E-state index is -0.610. The fraction of sp³-hybridized carbons (Fsp3) is 0.467. The summed E-state index contributed by atoms with van der Waals surface area (Å²) < 4.78 is 9.62. The fourth-order valence-electron chi connectivity index (χ4n) is 1.91. The average Bonchev–Trinajstić information content (AvgIpc) is 2.48. The van der Waals surface area contributed by atoms with Gasteiger partial charge in [0.2, 0.25) is 5.91 Å². The summed E-state index contributed by atoms with van der Waals surface area (Å²) in [5, 5.41) is 2.74. The molecule has 0 heterocycles. The van der Waals surface area contributed by atoms with Crippen molar-refractivity contribution < 1.29 is 19.1 Å². The average molecular weight is 294 g/mol. The number of methoxy groups -OCH3 is 2. The Labute approximate surface area is 124 Å². The molecule has 116 valence electrons. The van der Waals surface area contributed by atoms with Crippen LogP contribution in [-0.4, -0.2) is 38.7 Å². The molecular formula is C15H22N2O4. The maximum atomic E-state index is 12.0. The smallest absolute Gasteiger partial charge is 0.338 e. The number of amides is 1. The van der Waals surface area contributed by atoms with Gasteiger partial charge in [-0.3, -0.25) is 4.79 Å². The second-order valence-electron chi connectivity index (χ2n) is 4.70. The SMILES string of the molecule is COCCCC(N)C(=O)Nc1cccc(C(=O)OC)c1C. The van der Waals surface area contributed by atoms with Gasteiger partial charge in [-0.2, -0.15) is 0 Å². The van der Waals surface area contributed by atoms with E-state index in [0.717, 1.165) is 0 Å². The van der Waals surface area contributed by atoms with Crippen molar-refractivity contribution in [3.63, 3.8) is 0 Å². The van der Waals surface area contributed by atoms with E-state index in [4.69, 9.17) is 15.2 Å². The molecule has 1 amide bonds. The van der Waals surface area contributed by atoms with E-state index in [-0.39, 0.29) is 5.91 Å². The zero-order chi connectivity index (χ0) is 15.8. The molecule has 0 spiro atoms. The summed E-state index contributed by atoms with van der Waals surface area (Å²) in [6, 6.07) is 4.45. The Bertz CT molecular complexity index is 502. The summed E-state index contributed by atoms with van der Waals surface area (Å²) in [5.41, 5.74) is 7.46. The quantitative estimate of drug-likeness (QED) is 0.587. The number of benzene rings is 1. The Morgan fingerprint density at radius 2 is 2.05 bits per heavy atom. The highest BCUT2D eigenvalue weighted by Crippen LogP contribution is 2.20. The van der Waals surface area contributed by atoms with Gasteiger partial charge in [-0.15, -0.1) is 0 Å². The molecule has 0 aliphatic carbocycles. The molecule has 1 atom stereocenters. The third-order valence-corrected chi connectivity index (χ3v) is 3.20. The number of ether oxygens (including phenoxy) is 2. The van der Waals surface area contributed by atoms with Gasteiger partial charge in [0.25, 0.3) is 0 Å². The molecule has 0 fully saturated rings. The molecular weight excluding hydrogens is 272 g/mol. The van der Waals surface area contributed by atoms with Gasteiger partial charge >= 0.3 is 5.97 Å². The second-order valence-corrected chi connectivity index (χ2v) is 4.70. The Morgan fingerprint density at radius 1 is 1.33 bits per heavy atom. The first-order valence-corrected chi connectivity index (χ1v) is 6.74. The van der Waals surface area contributed by atoms with Crippen LogP contribution < -0.4 is 11.1 Å².